The molecule has 200 valence electrons. The van der Waals surface area contributed by atoms with E-state index >= 15 is 0 Å². The van der Waals surface area contributed by atoms with Crippen molar-refractivity contribution >= 4 is 33.3 Å². The molecule has 0 bridgehead atoms. The zero-order valence-corrected chi connectivity index (χ0v) is 21.7. The first kappa shape index (κ1) is 25.9. The van der Waals surface area contributed by atoms with Crippen LogP contribution >= 0.6 is 0 Å². The minimum atomic E-state index is -3.87. The predicted molar refractivity (Wildman–Crippen MR) is 140 cm³/mol. The number of benzene rings is 3. The van der Waals surface area contributed by atoms with Crippen molar-refractivity contribution in [2.45, 2.75) is 24.3 Å². The van der Waals surface area contributed by atoms with Gasteiger partial charge in [0.15, 0.2) is 12.4 Å². The molecule has 0 saturated heterocycles. The quantitative estimate of drug-likeness (QED) is 0.312. The molecule has 0 saturated carbocycles. The Labute approximate surface area is 224 Å². The van der Waals surface area contributed by atoms with E-state index in [1.54, 1.807) is 36.4 Å². The van der Waals surface area contributed by atoms with Gasteiger partial charge in [-0.15, -0.1) is 0 Å². The van der Waals surface area contributed by atoms with Crippen molar-refractivity contribution in [3.63, 3.8) is 0 Å². The Hall–Kier alpha value is -4.71. The minimum absolute atomic E-state index is 0.0131. The van der Waals surface area contributed by atoms with Crippen LogP contribution in [-0.2, 0) is 39.0 Å². The van der Waals surface area contributed by atoms with Crippen molar-refractivity contribution in [3.8, 4) is 5.75 Å². The lowest BCUT2D eigenvalue weighted by molar-refractivity contribution is -0.115. The number of sulfonamides is 1. The van der Waals surface area contributed by atoms with Crippen LogP contribution in [0.4, 0.5) is 11.4 Å². The number of para-hydroxylation sites is 3. The molecular formula is C27H24N4O7S. The first-order valence-electron chi connectivity index (χ1n) is 12.0. The van der Waals surface area contributed by atoms with Crippen molar-refractivity contribution in [1.82, 2.24) is 10.1 Å². The van der Waals surface area contributed by atoms with E-state index in [0.29, 0.717) is 30.1 Å². The summed E-state index contributed by atoms with van der Waals surface area (Å²) in [5.41, 5.74) is 2.14. The van der Waals surface area contributed by atoms with Gasteiger partial charge in [0, 0.05) is 6.54 Å². The average molecular weight is 549 g/mol. The lowest BCUT2D eigenvalue weighted by Gasteiger charge is -2.19. The number of aromatic nitrogens is 2. The van der Waals surface area contributed by atoms with Gasteiger partial charge in [0.25, 0.3) is 15.9 Å². The van der Waals surface area contributed by atoms with Crippen LogP contribution in [-0.4, -0.2) is 44.1 Å². The van der Waals surface area contributed by atoms with Crippen molar-refractivity contribution in [1.29, 1.82) is 0 Å². The van der Waals surface area contributed by atoms with Crippen LogP contribution in [0.15, 0.2) is 82.2 Å². The lowest BCUT2D eigenvalue weighted by Crippen LogP contribution is -2.29. The van der Waals surface area contributed by atoms with Crippen molar-refractivity contribution in [2.24, 2.45) is 0 Å². The fraction of sp³-hybridized carbons (Fsp3) is 0.185. The summed E-state index contributed by atoms with van der Waals surface area (Å²) in [6, 6.07) is 19.9. The number of esters is 1. The molecule has 1 aliphatic rings. The smallest absolute Gasteiger partial charge is 0.338 e. The minimum Gasteiger partial charge on any atom is -0.495 e. The Morgan fingerprint density at radius 1 is 1.05 bits per heavy atom. The van der Waals surface area contributed by atoms with E-state index in [9.17, 15) is 18.0 Å². The number of carbonyl (C=O) groups is 2. The normalized spacial score (nSPS) is 12.6. The summed E-state index contributed by atoms with van der Waals surface area (Å²) in [4.78, 5) is 29.1. The van der Waals surface area contributed by atoms with E-state index < -0.39 is 16.0 Å². The molecule has 0 spiro atoms. The Bertz CT molecular complexity index is 1630. The number of rotatable bonds is 9. The summed E-state index contributed by atoms with van der Waals surface area (Å²) in [6.07, 6.45) is 0.445. The number of ether oxygens (including phenoxy) is 2. The third kappa shape index (κ3) is 5.60. The second kappa shape index (κ2) is 11.0. The van der Waals surface area contributed by atoms with E-state index in [2.05, 4.69) is 15.5 Å². The summed E-state index contributed by atoms with van der Waals surface area (Å²) < 4.78 is 43.5. The number of amides is 1. The standard InChI is InChI=1S/C27H24N4O7S/c1-36-23-12-5-3-10-21(23)28-25(32)16-24-29-26(38-30-24)17-37-27(33)19-8-6-9-20(15-19)39(34,35)31-14-13-18-7-2-4-11-22(18)31/h2-12,15H,13-14,16-17H2,1H3,(H,28,32). The zero-order valence-electron chi connectivity index (χ0n) is 20.9. The number of nitrogens with zero attached hydrogens (tertiary/aromatic N) is 3. The molecule has 0 radical (unpaired) electrons. The molecule has 2 heterocycles. The Kier molecular flexibility index (Phi) is 7.28. The Morgan fingerprint density at radius 2 is 1.85 bits per heavy atom. The van der Waals surface area contributed by atoms with Crippen LogP contribution in [0, 0.1) is 0 Å². The van der Waals surface area contributed by atoms with Gasteiger partial charge in [-0.3, -0.25) is 9.10 Å². The maximum absolute atomic E-state index is 13.3. The van der Waals surface area contributed by atoms with Crippen molar-refractivity contribution < 1.29 is 32.0 Å². The number of methoxy groups -OCH3 is 1. The molecule has 1 aromatic heterocycles. The molecule has 3 aromatic carbocycles. The van der Waals surface area contributed by atoms with E-state index in [4.69, 9.17) is 14.0 Å². The van der Waals surface area contributed by atoms with Gasteiger partial charge in [0.1, 0.15) is 5.75 Å². The maximum Gasteiger partial charge on any atom is 0.338 e. The van der Waals surface area contributed by atoms with Gasteiger partial charge >= 0.3 is 5.97 Å². The summed E-state index contributed by atoms with van der Waals surface area (Å²) in [5.74, 6) is -0.549. The molecule has 0 aliphatic carbocycles. The fourth-order valence-electron chi connectivity index (χ4n) is 4.19. The SMILES string of the molecule is COc1ccccc1NC(=O)Cc1noc(COC(=O)c2cccc(S(=O)(=O)N3CCc4ccccc43)c2)n1. The van der Waals surface area contributed by atoms with Gasteiger partial charge in [0.05, 0.1) is 35.4 Å². The highest BCUT2D eigenvalue weighted by Crippen LogP contribution is 2.33. The zero-order chi connectivity index (χ0) is 27.4. The van der Waals surface area contributed by atoms with Gasteiger partial charge in [-0.25, -0.2) is 13.2 Å². The summed E-state index contributed by atoms with van der Waals surface area (Å²) in [6.45, 7) is -0.0246. The molecule has 1 amide bonds. The third-order valence-corrected chi connectivity index (χ3v) is 7.85. The number of hydrogen-bond donors (Lipinski definition) is 1. The fourth-order valence-corrected chi connectivity index (χ4v) is 5.74. The summed E-state index contributed by atoms with van der Waals surface area (Å²) in [5, 5.41) is 6.46. The highest BCUT2D eigenvalue weighted by molar-refractivity contribution is 7.92. The summed E-state index contributed by atoms with van der Waals surface area (Å²) in [7, 11) is -2.37. The van der Waals surface area contributed by atoms with E-state index in [1.807, 2.05) is 12.1 Å². The van der Waals surface area contributed by atoms with Gasteiger partial charge < -0.3 is 19.3 Å². The number of hydrogen-bond acceptors (Lipinski definition) is 9. The van der Waals surface area contributed by atoms with Gasteiger partial charge in [-0.1, -0.05) is 41.6 Å². The Morgan fingerprint density at radius 3 is 2.69 bits per heavy atom. The molecule has 1 N–H and O–H groups in total. The molecule has 0 fully saturated rings. The van der Waals surface area contributed by atoms with Crippen LogP contribution in [0.3, 0.4) is 0 Å². The van der Waals surface area contributed by atoms with E-state index in [-0.39, 0.29) is 41.1 Å². The predicted octanol–water partition coefficient (Wildman–Crippen LogP) is 3.37. The third-order valence-electron chi connectivity index (χ3n) is 6.04. The maximum atomic E-state index is 13.3. The van der Waals surface area contributed by atoms with Crippen LogP contribution in [0.1, 0.15) is 27.6 Å². The molecule has 0 unspecified atom stereocenters. The molecule has 1 aliphatic heterocycles. The topological polar surface area (TPSA) is 141 Å². The second-order valence-corrected chi connectivity index (χ2v) is 10.5. The van der Waals surface area contributed by atoms with Crippen LogP contribution < -0.4 is 14.4 Å². The molecule has 4 aromatic rings. The second-order valence-electron chi connectivity index (χ2n) is 8.59. The number of carbonyl (C=O) groups excluding carboxylic acids is 2. The monoisotopic (exact) mass is 548 g/mol. The van der Waals surface area contributed by atoms with Gasteiger partial charge in [-0.05, 0) is 48.4 Å². The lowest BCUT2D eigenvalue weighted by atomic mass is 10.2. The van der Waals surface area contributed by atoms with Crippen LogP contribution in [0.25, 0.3) is 0 Å². The first-order valence-corrected chi connectivity index (χ1v) is 13.4. The average Bonchev–Trinajstić information content (AvgIpc) is 3.59. The van der Waals surface area contributed by atoms with Crippen LogP contribution in [0.5, 0.6) is 5.75 Å². The van der Waals surface area contributed by atoms with E-state index in [1.165, 1.54) is 35.7 Å². The highest BCUT2D eigenvalue weighted by atomic mass is 32.2. The van der Waals surface area contributed by atoms with Gasteiger partial charge in [-0.2, -0.15) is 4.98 Å². The number of fused-ring (bicyclic) bond motifs is 1. The molecule has 11 nitrogen and oxygen atoms in total. The number of anilines is 2. The van der Waals surface area contributed by atoms with Gasteiger partial charge in [0.2, 0.25) is 5.91 Å². The number of nitrogens with one attached hydrogen (secondary N) is 1. The molecule has 39 heavy (non-hydrogen) atoms. The largest absolute Gasteiger partial charge is 0.495 e. The highest BCUT2D eigenvalue weighted by Gasteiger charge is 2.31. The van der Waals surface area contributed by atoms with Crippen molar-refractivity contribution in [2.75, 3.05) is 23.3 Å². The summed E-state index contributed by atoms with van der Waals surface area (Å²) >= 11 is 0. The first-order chi connectivity index (χ1) is 18.8. The van der Waals surface area contributed by atoms with E-state index in [0.717, 1.165) is 5.56 Å². The molecule has 5 rings (SSSR count). The molecular weight excluding hydrogens is 524 g/mol. The Balaban J connectivity index is 1.20. The molecule has 0 atom stereocenters. The van der Waals surface area contributed by atoms with Crippen LogP contribution in [0.2, 0.25) is 0 Å². The van der Waals surface area contributed by atoms with Crippen molar-refractivity contribution in [3.05, 3.63) is 95.6 Å². The molecule has 12 heteroatoms.